The summed E-state index contributed by atoms with van der Waals surface area (Å²) in [4.78, 5) is 12.2. The van der Waals surface area contributed by atoms with E-state index in [4.69, 9.17) is 4.74 Å². The fourth-order valence-electron chi connectivity index (χ4n) is 1.97. The van der Waals surface area contributed by atoms with Gasteiger partial charge in [0.05, 0.1) is 11.5 Å². The Hall–Kier alpha value is -1.48. The third-order valence-corrected chi connectivity index (χ3v) is 4.68. The number of rotatable bonds is 4. The molecule has 1 aliphatic rings. The van der Waals surface area contributed by atoms with Gasteiger partial charge in [0.15, 0.2) is 0 Å². The van der Waals surface area contributed by atoms with Crippen LogP contribution >= 0.6 is 0 Å². The monoisotopic (exact) mass is 313 g/mol. The van der Waals surface area contributed by atoms with E-state index in [0.717, 1.165) is 12.1 Å². The van der Waals surface area contributed by atoms with E-state index in [-0.39, 0.29) is 10.8 Å². The fourth-order valence-corrected chi connectivity index (χ4v) is 2.72. The van der Waals surface area contributed by atoms with Crippen LogP contribution < -0.4 is 15.4 Å². The number of carbonyl (C=O) groups is 1. The molecule has 0 radical (unpaired) electrons. The summed E-state index contributed by atoms with van der Waals surface area (Å²) in [5.41, 5.74) is 1.24. The normalized spacial score (nSPS) is 19.2. The second-order valence-corrected chi connectivity index (χ2v) is 6.62. The molecule has 2 rings (SSSR count). The summed E-state index contributed by atoms with van der Waals surface area (Å²) in [6.07, 6.45) is -0.567. The number of carbonyl (C=O) groups excluding carboxylic acids is 1. The van der Waals surface area contributed by atoms with E-state index in [0.29, 0.717) is 18.8 Å². The van der Waals surface area contributed by atoms with E-state index in [9.17, 15) is 13.2 Å². The molecule has 1 heterocycles. The minimum absolute atomic E-state index is 0.105. The van der Waals surface area contributed by atoms with Crippen LogP contribution in [0, 0.1) is 6.92 Å². The van der Waals surface area contributed by atoms with Crippen molar-refractivity contribution in [3.05, 3.63) is 23.8 Å². The average molecular weight is 313 g/mol. The zero-order valence-corrected chi connectivity index (χ0v) is 12.8. The quantitative estimate of drug-likeness (QED) is 0.717. The van der Waals surface area contributed by atoms with E-state index in [1.807, 2.05) is 0 Å². The highest BCUT2D eigenvalue weighted by molar-refractivity contribution is 7.89. The number of morpholine rings is 1. The Morgan fingerprint density at radius 2 is 2.19 bits per heavy atom. The van der Waals surface area contributed by atoms with Crippen LogP contribution in [0.25, 0.3) is 0 Å². The van der Waals surface area contributed by atoms with Gasteiger partial charge in [0, 0.05) is 18.8 Å². The first-order chi connectivity index (χ1) is 9.94. The molecule has 1 atom stereocenters. The molecule has 1 fully saturated rings. The Kier molecular flexibility index (Phi) is 4.94. The molecule has 1 aromatic rings. The van der Waals surface area contributed by atoms with Gasteiger partial charge in [0.2, 0.25) is 10.0 Å². The molecule has 1 saturated heterocycles. The van der Waals surface area contributed by atoms with E-state index in [2.05, 4.69) is 15.4 Å². The highest BCUT2D eigenvalue weighted by Gasteiger charge is 2.22. The van der Waals surface area contributed by atoms with Gasteiger partial charge in [-0.25, -0.2) is 13.1 Å². The van der Waals surface area contributed by atoms with Gasteiger partial charge in [0.25, 0.3) is 5.91 Å². The maximum absolute atomic E-state index is 12.1. The van der Waals surface area contributed by atoms with Crippen LogP contribution in [0.4, 0.5) is 5.69 Å². The summed E-state index contributed by atoms with van der Waals surface area (Å²) in [5.74, 6) is -0.288. The van der Waals surface area contributed by atoms with Crippen molar-refractivity contribution in [1.29, 1.82) is 0 Å². The predicted molar refractivity (Wildman–Crippen MR) is 78.7 cm³/mol. The zero-order valence-electron chi connectivity index (χ0n) is 12.0. The average Bonchev–Trinajstić information content (AvgIpc) is 2.50. The van der Waals surface area contributed by atoms with Gasteiger partial charge in [-0.1, -0.05) is 6.07 Å². The topological polar surface area (TPSA) is 96.5 Å². The second-order valence-electron chi connectivity index (χ2n) is 4.74. The van der Waals surface area contributed by atoms with Gasteiger partial charge in [-0.15, -0.1) is 0 Å². The van der Waals surface area contributed by atoms with Crippen LogP contribution in [-0.2, 0) is 19.6 Å². The molecular weight excluding hydrogens is 294 g/mol. The summed E-state index contributed by atoms with van der Waals surface area (Å²) in [6.45, 7) is 3.44. The highest BCUT2D eigenvalue weighted by atomic mass is 32.2. The van der Waals surface area contributed by atoms with Gasteiger partial charge < -0.3 is 15.4 Å². The first kappa shape index (κ1) is 15.9. The minimum atomic E-state index is -3.54. The molecule has 1 amide bonds. The molecule has 3 N–H and O–H groups in total. The van der Waals surface area contributed by atoms with Crippen LogP contribution in [0.5, 0.6) is 0 Å². The van der Waals surface area contributed by atoms with Crippen molar-refractivity contribution in [2.45, 2.75) is 17.9 Å². The Balaban J connectivity index is 2.19. The smallest absolute Gasteiger partial charge is 0.254 e. The number of nitrogens with one attached hydrogen (secondary N) is 3. The zero-order chi connectivity index (χ0) is 15.5. The first-order valence-corrected chi connectivity index (χ1v) is 8.10. The molecular formula is C13H19N3O4S. The number of hydrogen-bond acceptors (Lipinski definition) is 5. The van der Waals surface area contributed by atoms with Gasteiger partial charge in [-0.05, 0) is 31.7 Å². The molecule has 7 nitrogen and oxygen atoms in total. The summed E-state index contributed by atoms with van der Waals surface area (Å²) in [7, 11) is -2.20. The number of anilines is 1. The molecule has 0 spiro atoms. The van der Waals surface area contributed by atoms with Crippen molar-refractivity contribution in [3.63, 3.8) is 0 Å². The third kappa shape index (κ3) is 3.79. The maximum atomic E-state index is 12.1. The predicted octanol–water partition coefficient (Wildman–Crippen LogP) is -0.170. The van der Waals surface area contributed by atoms with E-state index < -0.39 is 16.1 Å². The van der Waals surface area contributed by atoms with Crippen LogP contribution in [0.15, 0.2) is 23.1 Å². The molecule has 0 saturated carbocycles. The lowest BCUT2D eigenvalue weighted by Crippen LogP contribution is -2.45. The summed E-state index contributed by atoms with van der Waals surface area (Å²) in [6, 6.07) is 4.59. The van der Waals surface area contributed by atoms with E-state index in [1.165, 1.54) is 19.2 Å². The van der Waals surface area contributed by atoms with Crippen LogP contribution in [0.3, 0.4) is 0 Å². The third-order valence-electron chi connectivity index (χ3n) is 3.27. The Morgan fingerprint density at radius 1 is 1.43 bits per heavy atom. The van der Waals surface area contributed by atoms with E-state index in [1.54, 1.807) is 13.0 Å². The summed E-state index contributed by atoms with van der Waals surface area (Å²) in [5, 5.41) is 5.79. The number of hydrogen-bond donors (Lipinski definition) is 3. The van der Waals surface area contributed by atoms with Crippen molar-refractivity contribution in [2.75, 3.05) is 32.1 Å². The van der Waals surface area contributed by atoms with Crippen molar-refractivity contribution in [1.82, 2.24) is 10.0 Å². The molecule has 1 aromatic carbocycles. The molecule has 8 heteroatoms. The molecule has 1 aliphatic heterocycles. The molecule has 21 heavy (non-hydrogen) atoms. The standard InChI is InChI=1S/C13H19N3O4S/c1-9-3-4-10(21(18,19)14-2)7-11(9)16-13(17)12-8-15-5-6-20-12/h3-4,7,12,14-15H,5-6,8H2,1-2H3,(H,16,17). The number of aryl methyl sites for hydroxylation is 1. The van der Waals surface area contributed by atoms with Gasteiger partial charge >= 0.3 is 0 Å². The largest absolute Gasteiger partial charge is 0.366 e. The lowest BCUT2D eigenvalue weighted by molar-refractivity contribution is -0.128. The lowest BCUT2D eigenvalue weighted by atomic mass is 10.2. The highest BCUT2D eigenvalue weighted by Crippen LogP contribution is 2.20. The number of amides is 1. The number of ether oxygens (including phenoxy) is 1. The summed E-state index contributed by atoms with van der Waals surface area (Å²) >= 11 is 0. The number of sulfonamides is 1. The first-order valence-electron chi connectivity index (χ1n) is 6.61. The maximum Gasteiger partial charge on any atom is 0.254 e. The van der Waals surface area contributed by atoms with Gasteiger partial charge in [-0.3, -0.25) is 4.79 Å². The SMILES string of the molecule is CNS(=O)(=O)c1ccc(C)c(NC(=O)C2CNCCO2)c1. The fraction of sp³-hybridized carbons (Fsp3) is 0.462. The van der Waals surface area contributed by atoms with Crippen LogP contribution in [-0.4, -0.2) is 47.2 Å². The van der Waals surface area contributed by atoms with Gasteiger partial charge in [0.1, 0.15) is 6.10 Å². The Morgan fingerprint density at radius 3 is 2.81 bits per heavy atom. The molecule has 116 valence electrons. The van der Waals surface area contributed by atoms with Crippen molar-refractivity contribution >= 4 is 21.6 Å². The van der Waals surface area contributed by atoms with Crippen molar-refractivity contribution in [2.24, 2.45) is 0 Å². The Labute approximate surface area is 124 Å². The molecule has 0 aromatic heterocycles. The lowest BCUT2D eigenvalue weighted by Gasteiger charge is -2.23. The second kappa shape index (κ2) is 6.52. The van der Waals surface area contributed by atoms with E-state index >= 15 is 0 Å². The van der Waals surface area contributed by atoms with Crippen LogP contribution in [0.2, 0.25) is 0 Å². The molecule has 0 bridgehead atoms. The van der Waals surface area contributed by atoms with Gasteiger partial charge in [-0.2, -0.15) is 0 Å². The van der Waals surface area contributed by atoms with Crippen molar-refractivity contribution in [3.8, 4) is 0 Å². The van der Waals surface area contributed by atoms with Crippen molar-refractivity contribution < 1.29 is 17.9 Å². The van der Waals surface area contributed by atoms with Crippen LogP contribution in [0.1, 0.15) is 5.56 Å². The minimum Gasteiger partial charge on any atom is -0.366 e. The molecule has 0 aliphatic carbocycles. The Bertz CT molecular complexity index is 624. The number of benzene rings is 1. The summed E-state index contributed by atoms with van der Waals surface area (Å²) < 4.78 is 31.2. The molecule has 1 unspecified atom stereocenters.